The van der Waals surface area contributed by atoms with Gasteiger partial charge in [0.15, 0.2) is 5.82 Å². The summed E-state index contributed by atoms with van der Waals surface area (Å²) in [6.45, 7) is 2.54. The summed E-state index contributed by atoms with van der Waals surface area (Å²) in [4.78, 5) is 17.8. The van der Waals surface area contributed by atoms with Crippen molar-refractivity contribution in [2.75, 3.05) is 16.9 Å². The second-order valence-electron chi connectivity index (χ2n) is 6.29. The number of fused-ring (bicyclic) bond motifs is 1. The van der Waals surface area contributed by atoms with E-state index in [9.17, 15) is 0 Å². The van der Waals surface area contributed by atoms with Crippen molar-refractivity contribution in [2.24, 2.45) is 0 Å². The number of anilines is 3. The van der Waals surface area contributed by atoms with Gasteiger partial charge in [-0.1, -0.05) is 0 Å². The van der Waals surface area contributed by atoms with E-state index in [1.54, 1.807) is 24.8 Å². The lowest BCUT2D eigenvalue weighted by Gasteiger charge is -2.28. The van der Waals surface area contributed by atoms with Crippen molar-refractivity contribution < 1.29 is 0 Å². The maximum atomic E-state index is 4.64. The lowest BCUT2D eigenvalue weighted by atomic mass is 10.1. The van der Waals surface area contributed by atoms with Crippen LogP contribution in [-0.2, 0) is 0 Å². The molecule has 0 fully saturated rings. The van der Waals surface area contributed by atoms with E-state index in [0.717, 1.165) is 28.6 Å². The van der Waals surface area contributed by atoms with Gasteiger partial charge in [0.25, 0.3) is 0 Å². The molecule has 0 radical (unpaired) electrons. The number of nitrogens with one attached hydrogen (secondary N) is 2. The molecule has 28 heavy (non-hydrogen) atoms. The second-order valence-corrected chi connectivity index (χ2v) is 6.29. The highest BCUT2D eigenvalue weighted by Gasteiger charge is 2.23. The molecule has 9 heteroatoms. The van der Waals surface area contributed by atoms with E-state index in [1.807, 2.05) is 42.1 Å². The van der Waals surface area contributed by atoms with E-state index >= 15 is 0 Å². The molecule has 0 atom stereocenters. The number of imidazole rings is 1. The number of rotatable bonds is 4. The van der Waals surface area contributed by atoms with Crippen LogP contribution in [0, 0.1) is 6.92 Å². The summed E-state index contributed by atoms with van der Waals surface area (Å²) >= 11 is 0. The van der Waals surface area contributed by atoms with Gasteiger partial charge in [-0.15, -0.1) is 0 Å². The van der Waals surface area contributed by atoms with Crippen LogP contribution in [0.2, 0.25) is 0 Å². The lowest BCUT2D eigenvalue weighted by Crippen LogP contribution is -2.34. The van der Waals surface area contributed by atoms with E-state index in [1.165, 1.54) is 0 Å². The molecule has 4 aromatic heterocycles. The third-order valence-corrected chi connectivity index (χ3v) is 4.40. The smallest absolute Gasteiger partial charge is 0.160 e. The first-order chi connectivity index (χ1) is 13.8. The number of hydrogen-bond acceptors (Lipinski definition) is 7. The molecule has 0 aromatic carbocycles. The second kappa shape index (κ2) is 6.62. The Bertz CT molecular complexity index is 1130. The van der Waals surface area contributed by atoms with Crippen LogP contribution < -0.4 is 10.3 Å². The Labute approximate surface area is 160 Å². The van der Waals surface area contributed by atoms with E-state index < -0.39 is 0 Å². The maximum Gasteiger partial charge on any atom is 0.160 e. The molecule has 5 heterocycles. The van der Waals surface area contributed by atoms with E-state index in [2.05, 4.69) is 46.5 Å². The van der Waals surface area contributed by atoms with Gasteiger partial charge in [0.05, 0.1) is 30.3 Å². The van der Waals surface area contributed by atoms with Gasteiger partial charge in [0, 0.05) is 36.3 Å². The zero-order valence-corrected chi connectivity index (χ0v) is 15.1. The standard InChI is InChI=1S/C19H17N9/c1-13-23-16(11-17(24-13)25-14-3-2-6-20-12-14)15-5-9-27(18-4-7-22-26-18)28-10-8-21-19(15)28/h2-8,10-12H,9H2,1H3,(H,22,26)(H,23,24,25). The lowest BCUT2D eigenvalue weighted by molar-refractivity contribution is 0.696. The summed E-state index contributed by atoms with van der Waals surface area (Å²) in [5, 5.41) is 12.4. The fraction of sp³-hybridized carbons (Fsp3) is 0.105. The van der Waals surface area contributed by atoms with Gasteiger partial charge < -0.3 is 5.32 Å². The molecule has 4 aromatic rings. The number of hydrogen-bond donors (Lipinski definition) is 2. The van der Waals surface area contributed by atoms with Crippen molar-refractivity contribution in [3.63, 3.8) is 0 Å². The molecule has 0 saturated heterocycles. The van der Waals surface area contributed by atoms with Gasteiger partial charge in [0.1, 0.15) is 17.5 Å². The number of aromatic nitrogens is 7. The number of pyridine rings is 1. The zero-order valence-electron chi connectivity index (χ0n) is 15.1. The van der Waals surface area contributed by atoms with Gasteiger partial charge in [-0.25, -0.2) is 19.6 Å². The fourth-order valence-electron chi connectivity index (χ4n) is 3.22. The quantitative estimate of drug-likeness (QED) is 0.568. The Balaban J connectivity index is 1.52. The average Bonchev–Trinajstić information content (AvgIpc) is 3.40. The van der Waals surface area contributed by atoms with E-state index in [0.29, 0.717) is 18.2 Å². The molecule has 138 valence electrons. The van der Waals surface area contributed by atoms with Crippen LogP contribution in [0.25, 0.3) is 5.57 Å². The Morgan fingerprint density at radius 3 is 2.93 bits per heavy atom. The molecule has 1 aliphatic heterocycles. The minimum absolute atomic E-state index is 0.662. The summed E-state index contributed by atoms with van der Waals surface area (Å²) in [5.74, 6) is 3.10. The fourth-order valence-corrected chi connectivity index (χ4v) is 3.22. The third-order valence-electron chi connectivity index (χ3n) is 4.40. The topological polar surface area (TPSA) is 100 Å². The monoisotopic (exact) mass is 371 g/mol. The van der Waals surface area contributed by atoms with Gasteiger partial charge in [-0.05, 0) is 25.1 Å². The van der Waals surface area contributed by atoms with Gasteiger partial charge >= 0.3 is 0 Å². The molecule has 0 aliphatic carbocycles. The zero-order chi connectivity index (χ0) is 18.9. The average molecular weight is 371 g/mol. The number of aryl methyl sites for hydroxylation is 1. The summed E-state index contributed by atoms with van der Waals surface area (Å²) in [6, 6.07) is 7.67. The first-order valence-corrected chi connectivity index (χ1v) is 8.82. The molecule has 2 N–H and O–H groups in total. The third kappa shape index (κ3) is 2.88. The molecule has 5 rings (SSSR count). The highest BCUT2D eigenvalue weighted by Crippen LogP contribution is 2.28. The van der Waals surface area contributed by atoms with Crippen LogP contribution in [0.4, 0.5) is 17.3 Å². The van der Waals surface area contributed by atoms with Crippen molar-refractivity contribution in [2.45, 2.75) is 6.92 Å². The maximum absolute atomic E-state index is 4.64. The minimum Gasteiger partial charge on any atom is -0.339 e. The number of H-pyrrole nitrogens is 1. The summed E-state index contributed by atoms with van der Waals surface area (Å²) in [7, 11) is 0. The molecule has 0 bridgehead atoms. The van der Waals surface area contributed by atoms with Crippen molar-refractivity contribution in [3.8, 4) is 0 Å². The van der Waals surface area contributed by atoms with Crippen molar-refractivity contribution in [3.05, 3.63) is 78.7 Å². The molecule has 9 nitrogen and oxygen atoms in total. The first-order valence-electron chi connectivity index (χ1n) is 8.82. The highest BCUT2D eigenvalue weighted by molar-refractivity contribution is 5.78. The van der Waals surface area contributed by atoms with E-state index in [4.69, 9.17) is 0 Å². The van der Waals surface area contributed by atoms with Crippen LogP contribution in [0.1, 0.15) is 17.3 Å². The molecular formula is C19H17N9. The van der Waals surface area contributed by atoms with Crippen LogP contribution in [0.5, 0.6) is 0 Å². The minimum atomic E-state index is 0.662. The predicted molar refractivity (Wildman–Crippen MR) is 105 cm³/mol. The van der Waals surface area contributed by atoms with Gasteiger partial charge in [0.2, 0.25) is 0 Å². The Kier molecular flexibility index (Phi) is 3.82. The van der Waals surface area contributed by atoms with Gasteiger partial charge in [-0.2, -0.15) is 5.10 Å². The van der Waals surface area contributed by atoms with Crippen molar-refractivity contribution in [1.29, 1.82) is 0 Å². The summed E-state index contributed by atoms with van der Waals surface area (Å²) in [5.41, 5.74) is 2.65. The normalized spacial score (nSPS) is 13.2. The molecule has 0 saturated carbocycles. The van der Waals surface area contributed by atoms with Crippen LogP contribution >= 0.6 is 0 Å². The summed E-state index contributed by atoms with van der Waals surface area (Å²) < 4.78 is 1.99. The molecule has 0 amide bonds. The van der Waals surface area contributed by atoms with Crippen LogP contribution in [0.15, 0.2) is 61.3 Å². The van der Waals surface area contributed by atoms with E-state index in [-0.39, 0.29) is 0 Å². The van der Waals surface area contributed by atoms with Crippen LogP contribution in [0.3, 0.4) is 0 Å². The molecule has 1 aliphatic rings. The number of aromatic amines is 1. The number of nitrogens with zero attached hydrogens (tertiary/aromatic N) is 7. The predicted octanol–water partition coefficient (Wildman–Crippen LogP) is 2.56. The highest BCUT2D eigenvalue weighted by atomic mass is 15.6. The Morgan fingerprint density at radius 1 is 1.14 bits per heavy atom. The van der Waals surface area contributed by atoms with Crippen molar-refractivity contribution >= 4 is 22.9 Å². The van der Waals surface area contributed by atoms with Gasteiger partial charge in [-0.3, -0.25) is 15.1 Å². The van der Waals surface area contributed by atoms with Crippen molar-refractivity contribution in [1.82, 2.24) is 34.8 Å². The Morgan fingerprint density at radius 2 is 2.11 bits per heavy atom. The molecular weight excluding hydrogens is 354 g/mol. The SMILES string of the molecule is Cc1nc(Nc2cccnc2)cc(C2=CCN(c3ccn[nH]3)n3ccnc32)n1. The largest absolute Gasteiger partial charge is 0.339 e. The summed E-state index contributed by atoms with van der Waals surface area (Å²) in [6.07, 6.45) is 11.0. The van der Waals surface area contributed by atoms with Crippen LogP contribution in [-0.4, -0.2) is 41.4 Å². The molecule has 0 spiro atoms. The first kappa shape index (κ1) is 16.2. The molecule has 0 unspecified atom stereocenters. The Hall–Kier alpha value is -4.01.